The Kier molecular flexibility index (Phi) is 3.42. The molecule has 0 aromatic heterocycles. The Bertz CT molecular complexity index is 389. The Morgan fingerprint density at radius 2 is 2.06 bits per heavy atom. The van der Waals surface area contributed by atoms with Crippen LogP contribution < -0.4 is 5.32 Å². The fourth-order valence-electron chi connectivity index (χ4n) is 1.67. The van der Waals surface area contributed by atoms with Crippen molar-refractivity contribution < 1.29 is 9.90 Å². The molecule has 1 aliphatic heterocycles. The highest BCUT2D eigenvalue weighted by Gasteiger charge is 2.40. The standard InChI is InChI=1S/C11H12ClNO2S/c12-8-1-3-9(4-2-8)16-11(5-10(14)15)6-13-7-11/h1-4,13H,5-7H2,(H,14,15). The molecule has 0 radical (unpaired) electrons. The number of carbonyl (C=O) groups is 1. The molecule has 1 fully saturated rings. The Hall–Kier alpha value is -0.710. The summed E-state index contributed by atoms with van der Waals surface area (Å²) in [4.78, 5) is 11.9. The summed E-state index contributed by atoms with van der Waals surface area (Å²) in [5, 5.41) is 12.7. The van der Waals surface area contributed by atoms with E-state index in [0.29, 0.717) is 5.02 Å². The fourth-order valence-corrected chi connectivity index (χ4v) is 3.11. The molecule has 1 saturated heterocycles. The van der Waals surface area contributed by atoms with Gasteiger partial charge in [-0.2, -0.15) is 0 Å². The molecule has 3 nitrogen and oxygen atoms in total. The number of nitrogens with one attached hydrogen (secondary N) is 1. The Labute approximate surface area is 103 Å². The van der Waals surface area contributed by atoms with Gasteiger partial charge in [-0.15, -0.1) is 11.8 Å². The van der Waals surface area contributed by atoms with E-state index in [1.807, 2.05) is 24.3 Å². The predicted octanol–water partition coefficient (Wildman–Crippen LogP) is 2.25. The van der Waals surface area contributed by atoms with Crippen LogP contribution in [0.4, 0.5) is 0 Å². The van der Waals surface area contributed by atoms with Crippen LogP contribution in [0.2, 0.25) is 5.02 Å². The van der Waals surface area contributed by atoms with Gasteiger partial charge in [0.05, 0.1) is 11.2 Å². The fraction of sp³-hybridized carbons (Fsp3) is 0.364. The van der Waals surface area contributed by atoms with E-state index in [0.717, 1.165) is 18.0 Å². The summed E-state index contributed by atoms with van der Waals surface area (Å²) >= 11 is 7.41. The lowest BCUT2D eigenvalue weighted by molar-refractivity contribution is -0.138. The molecule has 1 aromatic rings. The number of hydrogen-bond acceptors (Lipinski definition) is 3. The maximum Gasteiger partial charge on any atom is 0.304 e. The molecule has 1 aliphatic rings. The van der Waals surface area contributed by atoms with Crippen LogP contribution in [0.1, 0.15) is 6.42 Å². The van der Waals surface area contributed by atoms with Crippen molar-refractivity contribution in [3.8, 4) is 0 Å². The van der Waals surface area contributed by atoms with Gasteiger partial charge in [-0.1, -0.05) is 11.6 Å². The van der Waals surface area contributed by atoms with Crippen LogP contribution in [-0.2, 0) is 4.79 Å². The molecule has 16 heavy (non-hydrogen) atoms. The van der Waals surface area contributed by atoms with E-state index < -0.39 is 5.97 Å². The van der Waals surface area contributed by atoms with Crippen LogP contribution in [0, 0.1) is 0 Å². The second kappa shape index (κ2) is 4.65. The van der Waals surface area contributed by atoms with Gasteiger partial charge < -0.3 is 10.4 Å². The summed E-state index contributed by atoms with van der Waals surface area (Å²) in [6, 6.07) is 7.50. The molecule has 0 aliphatic carbocycles. The van der Waals surface area contributed by atoms with E-state index in [-0.39, 0.29) is 11.2 Å². The van der Waals surface area contributed by atoms with Crippen molar-refractivity contribution in [1.29, 1.82) is 0 Å². The normalized spacial score (nSPS) is 17.8. The average Bonchev–Trinajstić information content (AvgIpc) is 2.17. The highest BCUT2D eigenvalue weighted by Crippen LogP contribution is 2.38. The van der Waals surface area contributed by atoms with Crippen molar-refractivity contribution >= 4 is 29.3 Å². The molecule has 0 bridgehead atoms. The van der Waals surface area contributed by atoms with Crippen molar-refractivity contribution in [2.75, 3.05) is 13.1 Å². The number of rotatable bonds is 4. The zero-order valence-corrected chi connectivity index (χ0v) is 10.1. The second-order valence-corrected chi connectivity index (χ2v) is 5.89. The second-order valence-electron chi connectivity index (χ2n) is 3.91. The first kappa shape index (κ1) is 11.8. The van der Waals surface area contributed by atoms with Crippen LogP contribution in [0.3, 0.4) is 0 Å². The van der Waals surface area contributed by atoms with Gasteiger partial charge in [-0.05, 0) is 24.3 Å². The number of thioether (sulfide) groups is 1. The lowest BCUT2D eigenvalue weighted by Crippen LogP contribution is -2.57. The average molecular weight is 258 g/mol. The molecule has 1 aromatic carbocycles. The van der Waals surface area contributed by atoms with Gasteiger partial charge in [-0.25, -0.2) is 0 Å². The molecule has 0 saturated carbocycles. The van der Waals surface area contributed by atoms with E-state index >= 15 is 0 Å². The molecule has 0 unspecified atom stereocenters. The maximum absolute atomic E-state index is 10.8. The van der Waals surface area contributed by atoms with Crippen LogP contribution >= 0.6 is 23.4 Å². The molecular weight excluding hydrogens is 246 g/mol. The van der Waals surface area contributed by atoms with E-state index in [1.54, 1.807) is 11.8 Å². The van der Waals surface area contributed by atoms with Gasteiger partial charge in [0.25, 0.3) is 0 Å². The molecule has 2 rings (SSSR count). The summed E-state index contributed by atoms with van der Waals surface area (Å²) in [6.45, 7) is 1.49. The van der Waals surface area contributed by atoms with Gasteiger partial charge >= 0.3 is 5.97 Å². The van der Waals surface area contributed by atoms with Gasteiger partial charge in [0, 0.05) is 23.0 Å². The van der Waals surface area contributed by atoms with Crippen LogP contribution in [0.25, 0.3) is 0 Å². The Morgan fingerprint density at radius 1 is 1.44 bits per heavy atom. The van der Waals surface area contributed by atoms with Crippen LogP contribution in [0.5, 0.6) is 0 Å². The van der Waals surface area contributed by atoms with Crippen molar-refractivity contribution in [3.63, 3.8) is 0 Å². The summed E-state index contributed by atoms with van der Waals surface area (Å²) in [5.74, 6) is -0.747. The molecular formula is C11H12ClNO2S. The zero-order valence-electron chi connectivity index (χ0n) is 8.57. The largest absolute Gasteiger partial charge is 0.481 e. The van der Waals surface area contributed by atoms with Crippen LogP contribution in [0.15, 0.2) is 29.2 Å². The molecule has 0 amide bonds. The minimum absolute atomic E-state index is 0.188. The van der Waals surface area contributed by atoms with E-state index in [2.05, 4.69) is 5.32 Å². The highest BCUT2D eigenvalue weighted by atomic mass is 35.5. The number of carboxylic acid groups (broad SMARTS) is 1. The zero-order chi connectivity index (χ0) is 11.6. The highest BCUT2D eigenvalue weighted by molar-refractivity contribution is 8.00. The maximum atomic E-state index is 10.8. The third kappa shape index (κ3) is 2.70. The first-order chi connectivity index (χ1) is 7.60. The SMILES string of the molecule is O=C(O)CC1(Sc2ccc(Cl)cc2)CNC1. The summed E-state index contributed by atoms with van der Waals surface area (Å²) < 4.78 is -0.195. The lowest BCUT2D eigenvalue weighted by atomic mass is 9.98. The molecule has 1 heterocycles. The quantitative estimate of drug-likeness (QED) is 0.869. The minimum Gasteiger partial charge on any atom is -0.481 e. The molecule has 86 valence electrons. The number of aliphatic carboxylic acids is 1. The monoisotopic (exact) mass is 257 g/mol. The third-order valence-electron chi connectivity index (χ3n) is 2.52. The van der Waals surface area contributed by atoms with Crippen molar-refractivity contribution in [2.24, 2.45) is 0 Å². The van der Waals surface area contributed by atoms with Gasteiger partial charge in [0.15, 0.2) is 0 Å². The molecule has 0 atom stereocenters. The number of benzene rings is 1. The lowest BCUT2D eigenvalue weighted by Gasteiger charge is -2.40. The summed E-state index contributed by atoms with van der Waals surface area (Å²) in [5.41, 5.74) is 0. The molecule has 5 heteroatoms. The van der Waals surface area contributed by atoms with Crippen molar-refractivity contribution in [1.82, 2.24) is 5.32 Å². The smallest absolute Gasteiger partial charge is 0.304 e. The third-order valence-corrected chi connectivity index (χ3v) is 4.14. The van der Waals surface area contributed by atoms with E-state index in [1.165, 1.54) is 0 Å². The molecule has 2 N–H and O–H groups in total. The number of carboxylic acids is 1. The van der Waals surface area contributed by atoms with Crippen molar-refractivity contribution in [2.45, 2.75) is 16.1 Å². The first-order valence-electron chi connectivity index (χ1n) is 4.97. The van der Waals surface area contributed by atoms with Gasteiger partial charge in [0.2, 0.25) is 0 Å². The van der Waals surface area contributed by atoms with Crippen LogP contribution in [-0.4, -0.2) is 28.9 Å². The van der Waals surface area contributed by atoms with Gasteiger partial charge in [0.1, 0.15) is 0 Å². The number of halogens is 1. The number of hydrogen-bond donors (Lipinski definition) is 2. The van der Waals surface area contributed by atoms with E-state index in [9.17, 15) is 4.79 Å². The minimum atomic E-state index is -0.747. The summed E-state index contributed by atoms with van der Waals surface area (Å²) in [7, 11) is 0. The Balaban J connectivity index is 2.06. The first-order valence-corrected chi connectivity index (χ1v) is 6.16. The Morgan fingerprint density at radius 3 is 2.50 bits per heavy atom. The topological polar surface area (TPSA) is 49.3 Å². The van der Waals surface area contributed by atoms with Gasteiger partial charge in [-0.3, -0.25) is 4.79 Å². The summed E-state index contributed by atoms with van der Waals surface area (Å²) in [6.07, 6.45) is 0.188. The predicted molar refractivity (Wildman–Crippen MR) is 65.2 cm³/mol. The van der Waals surface area contributed by atoms with E-state index in [4.69, 9.17) is 16.7 Å². The van der Waals surface area contributed by atoms with Crippen molar-refractivity contribution in [3.05, 3.63) is 29.3 Å². The molecule has 0 spiro atoms.